The average Bonchev–Trinajstić information content (AvgIpc) is 3.64. The molecule has 44 heavy (non-hydrogen) atoms. The number of aromatic nitrogens is 3. The Hall–Kier alpha value is -6.00. The molecular formula is C40H23N3O. The summed E-state index contributed by atoms with van der Waals surface area (Å²) in [6, 6.07) is 48.9. The van der Waals surface area contributed by atoms with Crippen LogP contribution in [0, 0.1) is 0 Å². The summed E-state index contributed by atoms with van der Waals surface area (Å²) in [5.74, 6) is 0.636. The minimum absolute atomic E-state index is 0.636. The minimum atomic E-state index is 0.636. The third-order valence-electron chi connectivity index (χ3n) is 9.00. The molecule has 3 heterocycles. The topological polar surface area (TPSA) is 43.9 Å². The van der Waals surface area contributed by atoms with Crippen LogP contribution >= 0.6 is 0 Å². The van der Waals surface area contributed by atoms with Gasteiger partial charge in [0.15, 0.2) is 0 Å². The molecule has 0 bridgehead atoms. The molecule has 0 saturated heterocycles. The Morgan fingerprint density at radius 1 is 0.455 bits per heavy atom. The second kappa shape index (κ2) is 8.76. The van der Waals surface area contributed by atoms with Crippen molar-refractivity contribution in [3.63, 3.8) is 0 Å². The van der Waals surface area contributed by atoms with Gasteiger partial charge < -0.3 is 4.42 Å². The van der Waals surface area contributed by atoms with Crippen molar-refractivity contribution in [1.29, 1.82) is 0 Å². The number of para-hydroxylation sites is 3. The number of hydrogen-bond donors (Lipinski definition) is 0. The second-order valence-electron chi connectivity index (χ2n) is 11.4. The van der Waals surface area contributed by atoms with Gasteiger partial charge in [0.05, 0.1) is 22.2 Å². The number of furan rings is 1. The summed E-state index contributed by atoms with van der Waals surface area (Å²) in [6.45, 7) is 0. The summed E-state index contributed by atoms with van der Waals surface area (Å²) in [5.41, 5.74) is 6.56. The lowest BCUT2D eigenvalue weighted by molar-refractivity contribution is 0.670. The van der Waals surface area contributed by atoms with Crippen LogP contribution < -0.4 is 0 Å². The predicted octanol–water partition coefficient (Wildman–Crippen LogP) is 10.6. The first-order valence-corrected chi connectivity index (χ1v) is 14.8. The zero-order chi connectivity index (χ0) is 28.8. The standard InChI is InChI=1S/C40H23N3O/c1-3-12-26-24(10-1)20-22-33-36(26)37-27-13-4-2-11-25(27)21-23-34(37)43(33)40-41-32-18-7-5-15-30(32)38(42-40)31-17-9-16-29-28-14-6-8-19-35(28)44-39(29)31/h1-23H. The van der Waals surface area contributed by atoms with Crippen molar-refractivity contribution in [1.82, 2.24) is 14.5 Å². The van der Waals surface area contributed by atoms with E-state index < -0.39 is 0 Å². The summed E-state index contributed by atoms with van der Waals surface area (Å²) in [5, 5.41) is 10.5. The summed E-state index contributed by atoms with van der Waals surface area (Å²) in [7, 11) is 0. The lowest BCUT2D eigenvalue weighted by atomic mass is 10.00. The number of benzene rings is 7. The van der Waals surface area contributed by atoms with Crippen molar-refractivity contribution in [3.05, 3.63) is 140 Å². The molecule has 0 saturated carbocycles. The molecule has 10 aromatic rings. The highest BCUT2D eigenvalue weighted by molar-refractivity contribution is 6.28. The van der Waals surface area contributed by atoms with Gasteiger partial charge >= 0.3 is 0 Å². The SMILES string of the molecule is c1ccc2c(c1)ccc1c2c2c3ccccc3ccc2n1-c1nc(-c2cccc3c2oc2ccccc23)c2ccccc2n1. The normalized spacial score (nSPS) is 12.1. The van der Waals surface area contributed by atoms with Gasteiger partial charge in [-0.05, 0) is 51.9 Å². The monoisotopic (exact) mass is 561 g/mol. The zero-order valence-corrected chi connectivity index (χ0v) is 23.5. The van der Waals surface area contributed by atoms with Crippen molar-refractivity contribution in [2.45, 2.75) is 0 Å². The van der Waals surface area contributed by atoms with Crippen LogP contribution in [-0.4, -0.2) is 14.5 Å². The molecule has 0 aliphatic rings. The first-order chi connectivity index (χ1) is 21.8. The first-order valence-electron chi connectivity index (χ1n) is 14.8. The Labute approximate surface area is 251 Å². The van der Waals surface area contributed by atoms with E-state index in [-0.39, 0.29) is 0 Å². The molecule has 0 aliphatic carbocycles. The van der Waals surface area contributed by atoms with Crippen molar-refractivity contribution in [2.75, 3.05) is 0 Å². The fourth-order valence-corrected chi connectivity index (χ4v) is 7.07. The lowest BCUT2D eigenvalue weighted by Crippen LogP contribution is -2.03. The van der Waals surface area contributed by atoms with Gasteiger partial charge in [-0.3, -0.25) is 4.57 Å². The number of fused-ring (bicyclic) bond motifs is 11. The number of nitrogens with zero attached hydrogens (tertiary/aromatic N) is 3. The largest absolute Gasteiger partial charge is 0.455 e. The van der Waals surface area contributed by atoms with E-state index >= 15 is 0 Å². The summed E-state index contributed by atoms with van der Waals surface area (Å²) in [6.07, 6.45) is 0. The molecule has 4 heteroatoms. The molecule has 0 unspecified atom stereocenters. The highest BCUT2D eigenvalue weighted by Gasteiger charge is 2.21. The second-order valence-corrected chi connectivity index (χ2v) is 11.4. The van der Waals surface area contributed by atoms with Crippen molar-refractivity contribution >= 4 is 76.2 Å². The maximum absolute atomic E-state index is 6.49. The smallest absolute Gasteiger partial charge is 0.235 e. The first kappa shape index (κ1) is 23.6. The van der Waals surface area contributed by atoms with E-state index in [4.69, 9.17) is 14.4 Å². The molecule has 7 aromatic carbocycles. The molecule has 0 radical (unpaired) electrons. The van der Waals surface area contributed by atoms with Gasteiger partial charge in [0.25, 0.3) is 0 Å². The lowest BCUT2D eigenvalue weighted by Gasteiger charge is -2.12. The van der Waals surface area contributed by atoms with Crippen LogP contribution in [0.25, 0.3) is 93.4 Å². The van der Waals surface area contributed by atoms with Crippen LogP contribution in [0.1, 0.15) is 0 Å². The van der Waals surface area contributed by atoms with E-state index in [1.807, 2.05) is 24.3 Å². The Balaban J connectivity index is 1.37. The molecule has 3 aromatic heterocycles. The van der Waals surface area contributed by atoms with E-state index in [9.17, 15) is 0 Å². The molecule has 4 nitrogen and oxygen atoms in total. The maximum Gasteiger partial charge on any atom is 0.235 e. The van der Waals surface area contributed by atoms with Gasteiger partial charge in [-0.1, -0.05) is 109 Å². The maximum atomic E-state index is 6.49. The minimum Gasteiger partial charge on any atom is -0.455 e. The molecule has 10 rings (SSSR count). The van der Waals surface area contributed by atoms with Gasteiger partial charge in [0.1, 0.15) is 11.2 Å². The third kappa shape index (κ3) is 3.17. The van der Waals surface area contributed by atoms with Gasteiger partial charge in [-0.15, -0.1) is 0 Å². The zero-order valence-electron chi connectivity index (χ0n) is 23.5. The quantitative estimate of drug-likeness (QED) is 0.211. The Kier molecular flexibility index (Phi) is 4.69. The van der Waals surface area contributed by atoms with Crippen molar-refractivity contribution in [2.24, 2.45) is 0 Å². The molecule has 0 atom stereocenters. The van der Waals surface area contributed by atoms with Crippen LogP contribution in [0.5, 0.6) is 0 Å². The molecule has 0 N–H and O–H groups in total. The fraction of sp³-hybridized carbons (Fsp3) is 0. The van der Waals surface area contributed by atoms with Gasteiger partial charge in [-0.25, -0.2) is 9.97 Å². The molecule has 204 valence electrons. The van der Waals surface area contributed by atoms with E-state index in [0.717, 1.165) is 55.1 Å². The van der Waals surface area contributed by atoms with Crippen molar-refractivity contribution < 1.29 is 4.42 Å². The van der Waals surface area contributed by atoms with Gasteiger partial charge in [0.2, 0.25) is 5.95 Å². The van der Waals surface area contributed by atoms with E-state index in [0.29, 0.717) is 5.95 Å². The Morgan fingerprint density at radius 2 is 1.05 bits per heavy atom. The van der Waals surface area contributed by atoms with Crippen LogP contribution in [0.15, 0.2) is 144 Å². The number of hydrogen-bond acceptors (Lipinski definition) is 3. The molecule has 0 fully saturated rings. The third-order valence-corrected chi connectivity index (χ3v) is 9.00. The number of rotatable bonds is 2. The Morgan fingerprint density at radius 3 is 1.77 bits per heavy atom. The Bertz CT molecular complexity index is 2690. The summed E-state index contributed by atoms with van der Waals surface area (Å²) in [4.78, 5) is 10.6. The van der Waals surface area contributed by atoms with E-state index in [1.54, 1.807) is 0 Å². The highest BCUT2D eigenvalue weighted by atomic mass is 16.3. The molecule has 0 spiro atoms. The van der Waals surface area contributed by atoms with Gasteiger partial charge in [-0.2, -0.15) is 0 Å². The molecule has 0 amide bonds. The van der Waals surface area contributed by atoms with Crippen LogP contribution in [-0.2, 0) is 0 Å². The van der Waals surface area contributed by atoms with E-state index in [1.165, 1.54) is 32.3 Å². The van der Waals surface area contributed by atoms with E-state index in [2.05, 4.69) is 120 Å². The van der Waals surface area contributed by atoms with Crippen LogP contribution in [0.4, 0.5) is 0 Å². The van der Waals surface area contributed by atoms with Crippen LogP contribution in [0.3, 0.4) is 0 Å². The van der Waals surface area contributed by atoms with Crippen molar-refractivity contribution in [3.8, 4) is 17.2 Å². The predicted molar refractivity (Wildman–Crippen MR) is 182 cm³/mol. The summed E-state index contributed by atoms with van der Waals surface area (Å²) >= 11 is 0. The average molecular weight is 562 g/mol. The molecule has 0 aliphatic heterocycles. The fourth-order valence-electron chi connectivity index (χ4n) is 7.07. The van der Waals surface area contributed by atoms with Crippen LogP contribution in [0.2, 0.25) is 0 Å². The molecular weight excluding hydrogens is 538 g/mol. The summed E-state index contributed by atoms with van der Waals surface area (Å²) < 4.78 is 8.72. The highest BCUT2D eigenvalue weighted by Crippen LogP contribution is 2.42. The van der Waals surface area contributed by atoms with Gasteiger partial charge in [0, 0.05) is 32.5 Å².